The van der Waals surface area contributed by atoms with Crippen molar-refractivity contribution in [3.8, 4) is 5.75 Å². The number of nitrogens with one attached hydrogen (secondary N) is 2. The van der Waals surface area contributed by atoms with Crippen molar-refractivity contribution in [2.45, 2.75) is 37.9 Å². The summed E-state index contributed by atoms with van der Waals surface area (Å²) in [7, 11) is 1.47. The fourth-order valence-corrected chi connectivity index (χ4v) is 5.28. The van der Waals surface area contributed by atoms with Gasteiger partial charge in [-0.1, -0.05) is 6.07 Å². The Labute approximate surface area is 213 Å². The number of alkyl halides is 3. The van der Waals surface area contributed by atoms with E-state index in [4.69, 9.17) is 9.84 Å². The Morgan fingerprint density at radius 3 is 2.62 bits per heavy atom. The smallest absolute Gasteiger partial charge is 0.433 e. The van der Waals surface area contributed by atoms with E-state index < -0.39 is 17.8 Å². The first-order chi connectivity index (χ1) is 17.8. The third-order valence-corrected chi connectivity index (χ3v) is 7.28. The maximum atomic E-state index is 13.0. The number of amides is 1. The highest BCUT2D eigenvalue weighted by molar-refractivity contribution is 6.05. The van der Waals surface area contributed by atoms with Crippen LogP contribution in [0.15, 0.2) is 36.5 Å². The molecule has 198 valence electrons. The molecule has 3 aromatic rings. The fourth-order valence-electron chi connectivity index (χ4n) is 5.28. The number of hydrogen-bond acceptors (Lipinski definition) is 6. The molecule has 0 atom stereocenters. The fraction of sp³-hybridized carbons (Fsp3) is 0.500. The summed E-state index contributed by atoms with van der Waals surface area (Å²) in [6.07, 6.45) is 1.79. The second-order valence-corrected chi connectivity index (χ2v) is 9.81. The van der Waals surface area contributed by atoms with Crippen molar-refractivity contribution in [3.05, 3.63) is 47.9 Å². The molecule has 1 saturated heterocycles. The van der Waals surface area contributed by atoms with Crippen molar-refractivity contribution < 1.29 is 22.7 Å². The van der Waals surface area contributed by atoms with E-state index in [-0.39, 0.29) is 5.69 Å². The van der Waals surface area contributed by atoms with Gasteiger partial charge in [0.25, 0.3) is 5.91 Å². The summed E-state index contributed by atoms with van der Waals surface area (Å²) in [5, 5.41) is 11.6. The van der Waals surface area contributed by atoms with Crippen LogP contribution in [-0.4, -0.2) is 65.4 Å². The molecule has 0 bridgehead atoms. The lowest BCUT2D eigenvalue weighted by Crippen LogP contribution is -2.45. The number of pyridine rings is 1. The largest absolute Gasteiger partial charge is 0.494 e. The minimum Gasteiger partial charge on any atom is -0.494 e. The van der Waals surface area contributed by atoms with Gasteiger partial charge in [-0.05, 0) is 49.8 Å². The normalized spacial score (nSPS) is 21.2. The molecule has 37 heavy (non-hydrogen) atoms. The summed E-state index contributed by atoms with van der Waals surface area (Å²) in [6.45, 7) is 5.54. The summed E-state index contributed by atoms with van der Waals surface area (Å²) in [6, 6.07) is 7.01. The Morgan fingerprint density at radius 2 is 1.92 bits per heavy atom. The number of piperazine rings is 1. The van der Waals surface area contributed by atoms with Gasteiger partial charge in [-0.2, -0.15) is 18.3 Å². The van der Waals surface area contributed by atoms with Crippen LogP contribution >= 0.6 is 0 Å². The number of benzene rings is 1. The number of fused-ring (bicyclic) bond motifs is 1. The highest BCUT2D eigenvalue weighted by Gasteiger charge is 2.33. The highest BCUT2D eigenvalue weighted by atomic mass is 19.4. The van der Waals surface area contributed by atoms with Crippen LogP contribution in [0, 0.1) is 5.92 Å². The number of ether oxygens (including phenoxy) is 1. The lowest BCUT2D eigenvalue weighted by Gasteiger charge is -2.34. The Balaban J connectivity index is 1.28. The van der Waals surface area contributed by atoms with E-state index in [0.717, 1.165) is 68.6 Å². The van der Waals surface area contributed by atoms with Crippen molar-refractivity contribution in [1.82, 2.24) is 25.0 Å². The van der Waals surface area contributed by atoms with Gasteiger partial charge in [0.2, 0.25) is 0 Å². The molecule has 1 aromatic carbocycles. The third kappa shape index (κ3) is 5.88. The van der Waals surface area contributed by atoms with Crippen LogP contribution in [0.25, 0.3) is 10.9 Å². The SMILES string of the molecule is COc1cc2nn(C3CCC(CN4CCNCC4)CC3)cc2cc1NC(=O)c1cccc(C(F)(F)F)n1. The molecule has 1 amide bonds. The van der Waals surface area contributed by atoms with E-state index in [0.29, 0.717) is 23.4 Å². The van der Waals surface area contributed by atoms with E-state index in [9.17, 15) is 18.0 Å². The molecular formula is C26H31F3N6O2. The number of nitrogens with zero attached hydrogens (tertiary/aromatic N) is 4. The number of hydrogen-bond donors (Lipinski definition) is 2. The van der Waals surface area contributed by atoms with Crippen LogP contribution < -0.4 is 15.4 Å². The van der Waals surface area contributed by atoms with Crippen molar-refractivity contribution in [2.24, 2.45) is 5.92 Å². The molecular weight excluding hydrogens is 485 g/mol. The maximum Gasteiger partial charge on any atom is 0.433 e. The number of aromatic nitrogens is 3. The molecule has 0 unspecified atom stereocenters. The molecule has 0 radical (unpaired) electrons. The summed E-state index contributed by atoms with van der Waals surface area (Å²) >= 11 is 0. The third-order valence-electron chi connectivity index (χ3n) is 7.28. The van der Waals surface area contributed by atoms with Crippen LogP contribution in [0.2, 0.25) is 0 Å². The second kappa shape index (κ2) is 10.7. The number of halogens is 3. The van der Waals surface area contributed by atoms with Crippen LogP contribution in [0.1, 0.15) is 47.9 Å². The zero-order valence-electron chi connectivity index (χ0n) is 20.7. The lowest BCUT2D eigenvalue weighted by atomic mass is 9.85. The number of carbonyl (C=O) groups is 1. The molecule has 2 aromatic heterocycles. The van der Waals surface area contributed by atoms with Crippen molar-refractivity contribution in [1.29, 1.82) is 0 Å². The molecule has 11 heteroatoms. The zero-order chi connectivity index (χ0) is 26.0. The van der Waals surface area contributed by atoms with Gasteiger partial charge >= 0.3 is 6.18 Å². The van der Waals surface area contributed by atoms with Gasteiger partial charge in [0, 0.05) is 50.4 Å². The first-order valence-corrected chi connectivity index (χ1v) is 12.7. The highest BCUT2D eigenvalue weighted by Crippen LogP contribution is 2.35. The summed E-state index contributed by atoms with van der Waals surface area (Å²) in [5.41, 5.74) is -0.370. The number of methoxy groups -OCH3 is 1. The molecule has 5 rings (SSSR count). The Kier molecular flexibility index (Phi) is 7.34. The Morgan fingerprint density at radius 1 is 1.16 bits per heavy atom. The molecule has 2 fully saturated rings. The van der Waals surface area contributed by atoms with E-state index in [1.807, 2.05) is 10.9 Å². The van der Waals surface area contributed by atoms with Gasteiger partial charge in [0.1, 0.15) is 17.1 Å². The standard InChI is InChI=1S/C26H31F3N6O2/c1-37-23-14-21-18(13-22(23)32-25(36)20-3-2-4-24(31-20)26(27,28)29)16-35(33-21)19-7-5-17(6-8-19)15-34-11-9-30-10-12-34/h2-4,13-14,16-17,19,30H,5-12,15H2,1H3,(H,32,36). The minimum absolute atomic E-state index is 0.310. The predicted molar refractivity (Wildman–Crippen MR) is 134 cm³/mol. The number of anilines is 1. The zero-order valence-corrected chi connectivity index (χ0v) is 20.7. The molecule has 1 aliphatic carbocycles. The average Bonchev–Trinajstić information content (AvgIpc) is 3.31. The van der Waals surface area contributed by atoms with Gasteiger partial charge in [-0.25, -0.2) is 4.98 Å². The molecule has 2 N–H and O–H groups in total. The molecule has 8 nitrogen and oxygen atoms in total. The topological polar surface area (TPSA) is 84.3 Å². The van der Waals surface area contributed by atoms with Gasteiger partial charge < -0.3 is 20.3 Å². The molecule has 0 spiro atoms. The van der Waals surface area contributed by atoms with Gasteiger partial charge in [0.05, 0.1) is 24.4 Å². The van der Waals surface area contributed by atoms with Crippen LogP contribution in [0.5, 0.6) is 5.75 Å². The first-order valence-electron chi connectivity index (χ1n) is 12.7. The quantitative estimate of drug-likeness (QED) is 0.507. The predicted octanol–water partition coefficient (Wildman–Crippen LogP) is 4.35. The van der Waals surface area contributed by atoms with E-state index in [1.54, 1.807) is 12.1 Å². The van der Waals surface area contributed by atoms with Crippen molar-refractivity contribution >= 4 is 22.5 Å². The van der Waals surface area contributed by atoms with Crippen LogP contribution in [-0.2, 0) is 6.18 Å². The van der Waals surface area contributed by atoms with E-state index in [2.05, 4.69) is 20.5 Å². The lowest BCUT2D eigenvalue weighted by molar-refractivity contribution is -0.141. The van der Waals surface area contributed by atoms with Crippen LogP contribution in [0.3, 0.4) is 0 Å². The Hall–Kier alpha value is -3.18. The summed E-state index contributed by atoms with van der Waals surface area (Å²) in [5.74, 6) is 0.336. The maximum absolute atomic E-state index is 13.0. The second-order valence-electron chi connectivity index (χ2n) is 9.81. The van der Waals surface area contributed by atoms with Crippen LogP contribution in [0.4, 0.5) is 18.9 Å². The van der Waals surface area contributed by atoms with E-state index >= 15 is 0 Å². The van der Waals surface area contributed by atoms with Gasteiger partial charge in [-0.15, -0.1) is 0 Å². The average molecular weight is 517 g/mol. The first kappa shape index (κ1) is 25.5. The van der Waals surface area contributed by atoms with Gasteiger partial charge in [0.15, 0.2) is 0 Å². The van der Waals surface area contributed by atoms with E-state index in [1.165, 1.54) is 26.0 Å². The molecule has 2 aliphatic rings. The molecule has 1 aliphatic heterocycles. The number of carbonyl (C=O) groups excluding carboxylic acids is 1. The molecule has 1 saturated carbocycles. The molecule has 3 heterocycles. The Bertz CT molecular complexity index is 1250. The van der Waals surface area contributed by atoms with Crippen molar-refractivity contribution in [3.63, 3.8) is 0 Å². The summed E-state index contributed by atoms with van der Waals surface area (Å²) < 4.78 is 46.5. The minimum atomic E-state index is -4.63. The monoisotopic (exact) mass is 516 g/mol. The summed E-state index contributed by atoms with van der Waals surface area (Å²) in [4.78, 5) is 18.7. The number of rotatable bonds is 6. The van der Waals surface area contributed by atoms with Crippen molar-refractivity contribution in [2.75, 3.05) is 45.2 Å². The van der Waals surface area contributed by atoms with Gasteiger partial charge in [-0.3, -0.25) is 9.48 Å².